The summed E-state index contributed by atoms with van der Waals surface area (Å²) in [6.45, 7) is 3.51. The summed E-state index contributed by atoms with van der Waals surface area (Å²) >= 11 is 5.83. The van der Waals surface area contributed by atoms with E-state index in [0.29, 0.717) is 21.8 Å². The van der Waals surface area contributed by atoms with E-state index in [1.54, 1.807) is 19.1 Å². The molecule has 1 aromatic heterocycles. The van der Waals surface area contributed by atoms with Gasteiger partial charge in [0.1, 0.15) is 0 Å². The lowest BCUT2D eigenvalue weighted by molar-refractivity contribution is 0.467. The van der Waals surface area contributed by atoms with Crippen molar-refractivity contribution in [2.75, 3.05) is 0 Å². The molecule has 1 heterocycles. The maximum Gasteiger partial charge on any atom is 0.346 e. The summed E-state index contributed by atoms with van der Waals surface area (Å²) in [6.07, 6.45) is 0. The number of nitrogens with zero attached hydrogens (tertiary/aromatic N) is 1. The molecular weight excluding hydrogens is 202 g/mol. The van der Waals surface area contributed by atoms with E-state index in [-0.39, 0.29) is 0 Å². The number of aryl methyl sites for hydroxylation is 2. The van der Waals surface area contributed by atoms with E-state index in [0.717, 1.165) is 5.56 Å². The van der Waals surface area contributed by atoms with Gasteiger partial charge in [-0.3, -0.25) is 0 Å². The Morgan fingerprint density at radius 2 is 2.07 bits per heavy atom. The first-order valence-electron chi connectivity index (χ1n) is 4.15. The van der Waals surface area contributed by atoms with Crippen molar-refractivity contribution < 1.29 is 4.42 Å². The van der Waals surface area contributed by atoms with Crippen molar-refractivity contribution in [3.8, 4) is 0 Å². The Balaban J connectivity index is 3.02. The molecule has 0 amide bonds. The van der Waals surface area contributed by atoms with E-state index in [9.17, 15) is 4.79 Å². The zero-order valence-electron chi connectivity index (χ0n) is 7.80. The van der Waals surface area contributed by atoms with Crippen LogP contribution in [-0.4, -0.2) is 4.98 Å². The minimum Gasteiger partial charge on any atom is -0.408 e. The predicted molar refractivity (Wildman–Crippen MR) is 54.8 cm³/mol. The molecule has 2 aromatic rings. The molecule has 3 nitrogen and oxygen atoms in total. The van der Waals surface area contributed by atoms with E-state index in [1.807, 2.05) is 6.92 Å². The lowest BCUT2D eigenvalue weighted by Gasteiger charge is -2.01. The van der Waals surface area contributed by atoms with E-state index in [2.05, 4.69) is 4.98 Å². The fourth-order valence-corrected chi connectivity index (χ4v) is 1.68. The summed E-state index contributed by atoms with van der Waals surface area (Å²) in [5.74, 6) is 0.368. The molecule has 0 unspecified atom stereocenters. The zero-order valence-corrected chi connectivity index (χ0v) is 8.55. The summed E-state index contributed by atoms with van der Waals surface area (Å²) in [6, 6.07) is 3.35. The van der Waals surface area contributed by atoms with Gasteiger partial charge in [-0.15, -0.1) is 0 Å². The largest absolute Gasteiger partial charge is 0.408 e. The minimum absolute atomic E-state index is 0.368. The molecular formula is C10H8ClNO2. The number of aromatic nitrogens is 1. The summed E-state index contributed by atoms with van der Waals surface area (Å²) in [5.41, 5.74) is 1.14. The molecule has 0 saturated carbocycles. The molecule has 0 spiro atoms. The number of benzene rings is 1. The van der Waals surface area contributed by atoms with Gasteiger partial charge in [0.25, 0.3) is 0 Å². The first-order chi connectivity index (χ1) is 6.58. The van der Waals surface area contributed by atoms with Gasteiger partial charge in [-0.2, -0.15) is 0 Å². The molecule has 14 heavy (non-hydrogen) atoms. The number of hydrogen-bond acceptors (Lipinski definition) is 3. The molecule has 0 bridgehead atoms. The molecule has 72 valence electrons. The van der Waals surface area contributed by atoms with Crippen LogP contribution in [0.1, 0.15) is 11.5 Å². The SMILES string of the molecule is Cc1nc2c(C)cc(Cl)cc2c(=O)o1. The normalized spacial score (nSPS) is 10.8. The predicted octanol–water partition coefficient (Wildman–Crippen LogP) is 2.46. The van der Waals surface area contributed by atoms with E-state index >= 15 is 0 Å². The molecule has 1 aromatic carbocycles. The molecule has 2 rings (SSSR count). The molecule has 0 aliphatic rings. The van der Waals surface area contributed by atoms with Crippen LogP contribution in [0.3, 0.4) is 0 Å². The van der Waals surface area contributed by atoms with Crippen LogP contribution in [0.4, 0.5) is 0 Å². The average Bonchev–Trinajstić information content (AvgIpc) is 2.07. The van der Waals surface area contributed by atoms with Crippen molar-refractivity contribution in [1.82, 2.24) is 4.98 Å². The summed E-state index contributed by atoms with van der Waals surface area (Å²) < 4.78 is 4.88. The van der Waals surface area contributed by atoms with E-state index in [4.69, 9.17) is 16.0 Å². The topological polar surface area (TPSA) is 43.1 Å². The first kappa shape index (κ1) is 9.21. The molecule has 4 heteroatoms. The van der Waals surface area contributed by atoms with Crippen molar-refractivity contribution in [1.29, 1.82) is 0 Å². The third kappa shape index (κ3) is 1.40. The summed E-state index contributed by atoms with van der Waals surface area (Å²) in [4.78, 5) is 15.6. The number of halogens is 1. The van der Waals surface area contributed by atoms with Crippen molar-refractivity contribution >= 4 is 22.5 Å². The summed E-state index contributed by atoms with van der Waals surface area (Å²) in [7, 11) is 0. The molecule has 0 N–H and O–H groups in total. The second-order valence-corrected chi connectivity index (χ2v) is 3.58. The highest BCUT2D eigenvalue weighted by Gasteiger charge is 2.07. The highest BCUT2D eigenvalue weighted by atomic mass is 35.5. The second kappa shape index (κ2) is 3.10. The van der Waals surface area contributed by atoms with Crippen molar-refractivity contribution in [2.45, 2.75) is 13.8 Å². The van der Waals surface area contributed by atoms with Gasteiger partial charge >= 0.3 is 5.63 Å². The Kier molecular flexibility index (Phi) is 2.04. The van der Waals surface area contributed by atoms with Crippen LogP contribution in [0.15, 0.2) is 21.3 Å². The maximum absolute atomic E-state index is 11.4. The number of hydrogen-bond donors (Lipinski definition) is 0. The third-order valence-corrected chi connectivity index (χ3v) is 2.21. The fraction of sp³-hybridized carbons (Fsp3) is 0.200. The van der Waals surface area contributed by atoms with Gasteiger partial charge in [0, 0.05) is 11.9 Å². The van der Waals surface area contributed by atoms with Gasteiger partial charge < -0.3 is 4.42 Å². The van der Waals surface area contributed by atoms with Crippen molar-refractivity contribution in [2.24, 2.45) is 0 Å². The van der Waals surface area contributed by atoms with Gasteiger partial charge in [0.05, 0.1) is 10.9 Å². The Morgan fingerprint density at radius 3 is 2.79 bits per heavy atom. The Morgan fingerprint density at radius 1 is 1.36 bits per heavy atom. The maximum atomic E-state index is 11.4. The molecule has 0 fully saturated rings. The van der Waals surface area contributed by atoms with Gasteiger partial charge in [0.15, 0.2) is 5.89 Å². The van der Waals surface area contributed by atoms with E-state index in [1.165, 1.54) is 0 Å². The summed E-state index contributed by atoms with van der Waals surface area (Å²) in [5, 5.41) is 0.952. The van der Waals surface area contributed by atoms with Crippen LogP contribution in [0.2, 0.25) is 5.02 Å². The van der Waals surface area contributed by atoms with Crippen molar-refractivity contribution in [3.05, 3.63) is 39.0 Å². The Bertz CT molecular complexity index is 560. The van der Waals surface area contributed by atoms with Crippen LogP contribution in [0.5, 0.6) is 0 Å². The average molecular weight is 210 g/mol. The van der Waals surface area contributed by atoms with Gasteiger partial charge in [-0.25, -0.2) is 9.78 Å². The van der Waals surface area contributed by atoms with Crippen LogP contribution in [-0.2, 0) is 0 Å². The highest BCUT2D eigenvalue weighted by molar-refractivity contribution is 6.31. The number of rotatable bonds is 0. The van der Waals surface area contributed by atoms with Crippen LogP contribution < -0.4 is 5.63 Å². The molecule has 0 atom stereocenters. The second-order valence-electron chi connectivity index (χ2n) is 3.14. The van der Waals surface area contributed by atoms with Gasteiger partial charge in [-0.1, -0.05) is 11.6 Å². The molecule has 0 radical (unpaired) electrons. The molecule has 0 saturated heterocycles. The van der Waals surface area contributed by atoms with Gasteiger partial charge in [-0.05, 0) is 24.6 Å². The van der Waals surface area contributed by atoms with E-state index < -0.39 is 5.63 Å². The van der Waals surface area contributed by atoms with Gasteiger partial charge in [0.2, 0.25) is 0 Å². The number of fused-ring (bicyclic) bond motifs is 1. The Hall–Kier alpha value is -1.35. The highest BCUT2D eigenvalue weighted by Crippen LogP contribution is 2.19. The molecule has 0 aliphatic heterocycles. The van der Waals surface area contributed by atoms with Crippen LogP contribution in [0.25, 0.3) is 10.9 Å². The standard InChI is InChI=1S/C10H8ClNO2/c1-5-3-7(11)4-8-9(5)12-6(2)14-10(8)13/h3-4H,1-2H3. The first-order valence-corrected chi connectivity index (χ1v) is 4.53. The fourth-order valence-electron chi connectivity index (χ4n) is 1.41. The lowest BCUT2D eigenvalue weighted by atomic mass is 10.1. The van der Waals surface area contributed by atoms with Crippen molar-refractivity contribution in [3.63, 3.8) is 0 Å². The quantitative estimate of drug-likeness (QED) is 0.670. The van der Waals surface area contributed by atoms with Crippen LogP contribution in [0, 0.1) is 13.8 Å². The zero-order chi connectivity index (χ0) is 10.3. The van der Waals surface area contributed by atoms with Crippen LogP contribution >= 0.6 is 11.6 Å². The monoisotopic (exact) mass is 209 g/mol. The molecule has 0 aliphatic carbocycles. The lowest BCUT2D eigenvalue weighted by Crippen LogP contribution is -2.03. The third-order valence-electron chi connectivity index (χ3n) is 1.99. The Labute approximate surface area is 85.3 Å². The minimum atomic E-state index is -0.391. The smallest absolute Gasteiger partial charge is 0.346 e.